The fourth-order valence-corrected chi connectivity index (χ4v) is 11.8. The maximum atomic E-state index is 6.05. The molecule has 2 heteroatoms. The quantitative estimate of drug-likeness (QED) is 0.377. The minimum absolute atomic E-state index is 0.256. The number of ether oxygens (including phenoxy) is 2. The molecule has 0 unspecified atom stereocenters. The molecule has 0 aromatic carbocycles. The van der Waals surface area contributed by atoms with Crippen molar-refractivity contribution in [2.75, 3.05) is 14.2 Å². The van der Waals surface area contributed by atoms with Crippen molar-refractivity contribution in [3.8, 4) is 0 Å². The standard InChI is InChI=1S/C32H54O2/c1-28(2)23-12-10-21-20-30(5)17-14-24-29(3,4)27(34-9)16-19-32(24,7)25(30)13-11-22(21)31(23,6)18-15-26(28)33-8/h10,22-27H,11-20H2,1-9H3/t22-,23+,24-,25-,26-,27-,30-,31+,32-/m0/s1. The topological polar surface area (TPSA) is 18.5 Å². The molecular formula is C32H54O2. The van der Waals surface area contributed by atoms with Gasteiger partial charge in [-0.1, -0.05) is 60.1 Å². The predicted octanol–water partition coefficient (Wildman–Crippen LogP) is 8.45. The van der Waals surface area contributed by atoms with Gasteiger partial charge in [-0.15, -0.1) is 0 Å². The zero-order valence-electron chi connectivity index (χ0n) is 23.9. The summed E-state index contributed by atoms with van der Waals surface area (Å²) in [5.74, 6) is 3.13. The lowest BCUT2D eigenvalue weighted by Crippen LogP contribution is -2.58. The average molecular weight is 471 g/mol. The van der Waals surface area contributed by atoms with E-state index in [9.17, 15) is 0 Å². The lowest BCUT2D eigenvalue weighted by molar-refractivity contribution is -0.178. The van der Waals surface area contributed by atoms with Gasteiger partial charge >= 0.3 is 0 Å². The second-order valence-electron chi connectivity index (χ2n) is 15.4. The Kier molecular flexibility index (Phi) is 6.01. The molecule has 5 aliphatic carbocycles. The van der Waals surface area contributed by atoms with Crippen LogP contribution in [0.1, 0.15) is 113 Å². The van der Waals surface area contributed by atoms with Crippen LogP contribution >= 0.6 is 0 Å². The molecule has 9 atom stereocenters. The van der Waals surface area contributed by atoms with Gasteiger partial charge in [-0.25, -0.2) is 0 Å². The maximum absolute atomic E-state index is 6.05. The summed E-state index contributed by atoms with van der Waals surface area (Å²) in [5.41, 5.74) is 3.73. The fourth-order valence-electron chi connectivity index (χ4n) is 11.8. The van der Waals surface area contributed by atoms with Crippen molar-refractivity contribution in [3.05, 3.63) is 11.6 Å². The van der Waals surface area contributed by atoms with Crippen LogP contribution in [0.2, 0.25) is 0 Å². The number of methoxy groups -OCH3 is 2. The summed E-state index contributed by atoms with van der Waals surface area (Å²) in [6, 6.07) is 0. The summed E-state index contributed by atoms with van der Waals surface area (Å²) in [5, 5.41) is 0. The largest absolute Gasteiger partial charge is 0.381 e. The van der Waals surface area contributed by atoms with Crippen molar-refractivity contribution >= 4 is 0 Å². The van der Waals surface area contributed by atoms with Gasteiger partial charge in [0.05, 0.1) is 12.2 Å². The Labute approximate surface area is 211 Å². The maximum Gasteiger partial charge on any atom is 0.0625 e. The summed E-state index contributed by atoms with van der Waals surface area (Å²) >= 11 is 0. The molecule has 0 aromatic rings. The highest BCUT2D eigenvalue weighted by molar-refractivity contribution is 5.25. The van der Waals surface area contributed by atoms with Crippen molar-refractivity contribution in [1.82, 2.24) is 0 Å². The van der Waals surface area contributed by atoms with Gasteiger partial charge < -0.3 is 9.47 Å². The van der Waals surface area contributed by atoms with E-state index in [1.165, 1.54) is 64.2 Å². The van der Waals surface area contributed by atoms with E-state index in [1.54, 1.807) is 0 Å². The third kappa shape index (κ3) is 3.32. The zero-order valence-corrected chi connectivity index (χ0v) is 23.9. The molecule has 0 spiro atoms. The predicted molar refractivity (Wildman–Crippen MR) is 142 cm³/mol. The van der Waals surface area contributed by atoms with Gasteiger partial charge in [-0.2, -0.15) is 0 Å². The SMILES string of the molecule is CO[C@H]1CC[C@@]2(C)[C@H](CC=C3C[C@]4(C)CC[C@H]5C(C)(C)[C@@H](OC)CC[C@]5(C)[C@H]4CC[C@@H]32)C1(C)C. The molecule has 2 nitrogen and oxygen atoms in total. The Morgan fingerprint density at radius 3 is 1.85 bits per heavy atom. The van der Waals surface area contributed by atoms with Crippen LogP contribution < -0.4 is 0 Å². The normalized spacial score (nSPS) is 51.7. The molecular weight excluding hydrogens is 416 g/mol. The number of hydrogen-bond acceptors (Lipinski definition) is 2. The van der Waals surface area contributed by atoms with E-state index in [0.29, 0.717) is 28.5 Å². The Morgan fingerprint density at radius 1 is 0.647 bits per heavy atom. The molecule has 0 N–H and O–H groups in total. The first kappa shape index (κ1) is 25.3. The van der Waals surface area contributed by atoms with Crippen LogP contribution in [0.3, 0.4) is 0 Å². The minimum Gasteiger partial charge on any atom is -0.381 e. The van der Waals surface area contributed by atoms with E-state index >= 15 is 0 Å². The first-order valence-electron chi connectivity index (χ1n) is 14.6. The summed E-state index contributed by atoms with van der Waals surface area (Å²) < 4.78 is 12.1. The lowest BCUT2D eigenvalue weighted by atomic mass is 9.42. The first-order valence-corrected chi connectivity index (χ1v) is 14.6. The molecule has 5 rings (SSSR count). The van der Waals surface area contributed by atoms with Crippen molar-refractivity contribution < 1.29 is 9.47 Å². The Morgan fingerprint density at radius 2 is 1.24 bits per heavy atom. The highest BCUT2D eigenvalue weighted by Crippen LogP contribution is 2.70. The molecule has 0 amide bonds. The summed E-state index contributed by atoms with van der Waals surface area (Å²) in [6.45, 7) is 18.1. The average Bonchev–Trinajstić information content (AvgIpc) is 2.90. The monoisotopic (exact) mass is 470 g/mol. The summed E-state index contributed by atoms with van der Waals surface area (Å²) in [6.07, 6.45) is 17.0. The fraction of sp³-hybridized carbons (Fsp3) is 0.938. The molecule has 0 saturated heterocycles. The van der Waals surface area contributed by atoms with Crippen molar-refractivity contribution in [2.45, 2.75) is 125 Å². The molecule has 0 heterocycles. The van der Waals surface area contributed by atoms with Gasteiger partial charge in [0.2, 0.25) is 0 Å². The van der Waals surface area contributed by atoms with E-state index < -0.39 is 0 Å². The van der Waals surface area contributed by atoms with Crippen LogP contribution in [-0.4, -0.2) is 26.4 Å². The van der Waals surface area contributed by atoms with Crippen LogP contribution in [0.4, 0.5) is 0 Å². The van der Waals surface area contributed by atoms with E-state index in [0.717, 1.165) is 23.7 Å². The van der Waals surface area contributed by atoms with Crippen molar-refractivity contribution in [2.24, 2.45) is 50.7 Å². The molecule has 4 fully saturated rings. The third-order valence-corrected chi connectivity index (χ3v) is 13.4. The van der Waals surface area contributed by atoms with Crippen LogP contribution in [-0.2, 0) is 9.47 Å². The van der Waals surface area contributed by atoms with Gasteiger partial charge in [-0.3, -0.25) is 0 Å². The third-order valence-electron chi connectivity index (χ3n) is 13.4. The lowest BCUT2D eigenvalue weighted by Gasteiger charge is -2.64. The van der Waals surface area contributed by atoms with Crippen LogP contribution in [0, 0.1) is 50.7 Å². The molecule has 5 aliphatic rings. The summed E-state index contributed by atoms with van der Waals surface area (Å²) in [7, 11) is 3.88. The molecule has 0 radical (unpaired) electrons. The summed E-state index contributed by atoms with van der Waals surface area (Å²) in [4.78, 5) is 0. The second kappa shape index (κ2) is 8.08. The number of allylic oxidation sites excluding steroid dienone is 2. The molecule has 4 saturated carbocycles. The second-order valence-corrected chi connectivity index (χ2v) is 15.4. The Hall–Kier alpha value is -0.340. The number of fused-ring (bicyclic) bond motifs is 6. The van der Waals surface area contributed by atoms with Gasteiger partial charge in [0.1, 0.15) is 0 Å². The van der Waals surface area contributed by atoms with E-state index in [2.05, 4.69) is 54.5 Å². The van der Waals surface area contributed by atoms with E-state index in [-0.39, 0.29) is 10.8 Å². The van der Waals surface area contributed by atoms with E-state index in [1.807, 2.05) is 19.8 Å². The van der Waals surface area contributed by atoms with E-state index in [4.69, 9.17) is 9.47 Å². The molecule has 194 valence electrons. The van der Waals surface area contributed by atoms with Gasteiger partial charge in [0.15, 0.2) is 0 Å². The smallest absolute Gasteiger partial charge is 0.0625 e. The number of hydrogen-bond donors (Lipinski definition) is 0. The molecule has 0 bridgehead atoms. The molecule has 0 aromatic heterocycles. The Bertz CT molecular complexity index is 825. The van der Waals surface area contributed by atoms with Gasteiger partial charge in [0.25, 0.3) is 0 Å². The van der Waals surface area contributed by atoms with Crippen molar-refractivity contribution in [1.29, 1.82) is 0 Å². The molecule has 34 heavy (non-hydrogen) atoms. The van der Waals surface area contributed by atoms with Crippen LogP contribution in [0.5, 0.6) is 0 Å². The van der Waals surface area contributed by atoms with Crippen LogP contribution in [0.25, 0.3) is 0 Å². The number of rotatable bonds is 2. The van der Waals surface area contributed by atoms with Crippen molar-refractivity contribution in [3.63, 3.8) is 0 Å². The Balaban J connectivity index is 1.48. The minimum atomic E-state index is 0.256. The van der Waals surface area contributed by atoms with Crippen LogP contribution in [0.15, 0.2) is 11.6 Å². The zero-order chi connectivity index (χ0) is 24.7. The first-order chi connectivity index (χ1) is 15.8. The van der Waals surface area contributed by atoms with Gasteiger partial charge in [-0.05, 0) is 115 Å². The highest BCUT2D eigenvalue weighted by Gasteiger charge is 2.63. The highest BCUT2D eigenvalue weighted by atomic mass is 16.5. The molecule has 0 aliphatic heterocycles. The van der Waals surface area contributed by atoms with Gasteiger partial charge in [0, 0.05) is 14.2 Å².